The highest BCUT2D eigenvalue weighted by Crippen LogP contribution is 2.40. The van der Waals surface area contributed by atoms with Crippen LogP contribution in [0, 0.1) is 17.6 Å². The first-order valence-corrected chi connectivity index (χ1v) is 9.43. The molecule has 4 nitrogen and oxygen atoms in total. The van der Waals surface area contributed by atoms with Crippen molar-refractivity contribution in [3.05, 3.63) is 71.3 Å². The SMILES string of the molecule is O=C(CC(Cc1ccccc1)C(=O)O)NC1(c2cccc(F)c2F)CCCC1. The maximum absolute atomic E-state index is 14.4. The molecule has 1 aliphatic carbocycles. The first kappa shape index (κ1) is 20.0. The minimum absolute atomic E-state index is 0.133. The fourth-order valence-corrected chi connectivity index (χ4v) is 4.00. The zero-order chi connectivity index (χ0) is 20.1. The number of nitrogens with one attached hydrogen (secondary N) is 1. The van der Waals surface area contributed by atoms with Crippen LogP contribution in [0.2, 0.25) is 0 Å². The summed E-state index contributed by atoms with van der Waals surface area (Å²) in [4.78, 5) is 24.3. The molecule has 0 aromatic heterocycles. The average Bonchev–Trinajstić information content (AvgIpc) is 3.13. The highest BCUT2D eigenvalue weighted by atomic mass is 19.2. The molecule has 1 fully saturated rings. The number of hydrogen-bond donors (Lipinski definition) is 2. The van der Waals surface area contributed by atoms with Gasteiger partial charge < -0.3 is 10.4 Å². The number of rotatable bonds is 7. The first-order chi connectivity index (χ1) is 13.4. The molecular formula is C22H23F2NO3. The standard InChI is InChI=1S/C22H23F2NO3/c23-18-10-6-9-17(20(18)24)22(11-4-5-12-22)25-19(26)14-16(21(27)28)13-15-7-2-1-3-8-15/h1-3,6-10,16H,4-5,11-14H2,(H,25,26)(H,27,28). The van der Waals surface area contributed by atoms with Gasteiger partial charge >= 0.3 is 5.97 Å². The Balaban J connectivity index is 1.77. The Labute approximate surface area is 162 Å². The summed E-state index contributed by atoms with van der Waals surface area (Å²) >= 11 is 0. The summed E-state index contributed by atoms with van der Waals surface area (Å²) in [5.74, 6) is -4.32. The summed E-state index contributed by atoms with van der Waals surface area (Å²) in [6, 6.07) is 13.1. The van der Waals surface area contributed by atoms with Crippen LogP contribution in [0.5, 0.6) is 0 Å². The lowest BCUT2D eigenvalue weighted by molar-refractivity contribution is -0.144. The Hall–Kier alpha value is -2.76. The van der Waals surface area contributed by atoms with Crippen LogP contribution in [0.1, 0.15) is 43.2 Å². The lowest BCUT2D eigenvalue weighted by Crippen LogP contribution is -2.45. The number of hydrogen-bond acceptors (Lipinski definition) is 2. The average molecular weight is 387 g/mol. The number of amides is 1. The molecule has 1 amide bonds. The van der Waals surface area contributed by atoms with Gasteiger partial charge in [0.25, 0.3) is 0 Å². The minimum Gasteiger partial charge on any atom is -0.481 e. The van der Waals surface area contributed by atoms with Crippen LogP contribution < -0.4 is 5.32 Å². The molecule has 1 unspecified atom stereocenters. The van der Waals surface area contributed by atoms with E-state index in [1.165, 1.54) is 12.1 Å². The van der Waals surface area contributed by atoms with Gasteiger partial charge in [0, 0.05) is 12.0 Å². The molecule has 0 heterocycles. The normalized spacial score (nSPS) is 16.5. The molecule has 0 radical (unpaired) electrons. The van der Waals surface area contributed by atoms with Crippen molar-refractivity contribution >= 4 is 11.9 Å². The van der Waals surface area contributed by atoms with Gasteiger partial charge in [0.05, 0.1) is 11.5 Å². The van der Waals surface area contributed by atoms with Gasteiger partial charge in [-0.05, 0) is 30.9 Å². The number of carbonyl (C=O) groups is 2. The Kier molecular flexibility index (Phi) is 6.07. The summed E-state index contributed by atoms with van der Waals surface area (Å²) in [7, 11) is 0. The van der Waals surface area contributed by atoms with E-state index in [0.29, 0.717) is 12.8 Å². The maximum atomic E-state index is 14.4. The predicted molar refractivity (Wildman–Crippen MR) is 101 cm³/mol. The van der Waals surface area contributed by atoms with Crippen molar-refractivity contribution in [1.29, 1.82) is 0 Å². The Morgan fingerprint density at radius 1 is 1.04 bits per heavy atom. The summed E-state index contributed by atoms with van der Waals surface area (Å²) < 4.78 is 28.1. The van der Waals surface area contributed by atoms with Gasteiger partial charge in [-0.2, -0.15) is 0 Å². The molecule has 2 N–H and O–H groups in total. The van der Waals surface area contributed by atoms with E-state index in [2.05, 4.69) is 5.32 Å². The summed E-state index contributed by atoms with van der Waals surface area (Å²) in [5, 5.41) is 12.4. The largest absolute Gasteiger partial charge is 0.481 e. The highest BCUT2D eigenvalue weighted by Gasteiger charge is 2.40. The highest BCUT2D eigenvalue weighted by molar-refractivity contribution is 5.83. The summed E-state index contributed by atoms with van der Waals surface area (Å²) in [5.41, 5.74) is -0.0262. The number of carboxylic acid groups (broad SMARTS) is 1. The molecule has 2 aromatic rings. The monoisotopic (exact) mass is 387 g/mol. The Morgan fingerprint density at radius 3 is 2.36 bits per heavy atom. The van der Waals surface area contributed by atoms with E-state index in [-0.39, 0.29) is 18.4 Å². The summed E-state index contributed by atoms with van der Waals surface area (Å²) in [6.45, 7) is 0. The third kappa shape index (κ3) is 4.38. The van der Waals surface area contributed by atoms with Gasteiger partial charge in [0.15, 0.2) is 11.6 Å². The van der Waals surface area contributed by atoms with E-state index in [1.54, 1.807) is 0 Å². The van der Waals surface area contributed by atoms with Gasteiger partial charge in [-0.25, -0.2) is 8.78 Å². The van der Waals surface area contributed by atoms with Gasteiger partial charge in [0.1, 0.15) is 0 Å². The van der Waals surface area contributed by atoms with Crippen molar-refractivity contribution in [1.82, 2.24) is 5.32 Å². The van der Waals surface area contributed by atoms with Gasteiger partial charge in [-0.3, -0.25) is 9.59 Å². The topological polar surface area (TPSA) is 66.4 Å². The second-order valence-corrected chi connectivity index (χ2v) is 7.37. The van der Waals surface area contributed by atoms with Crippen LogP contribution in [-0.2, 0) is 21.5 Å². The maximum Gasteiger partial charge on any atom is 0.307 e. The fourth-order valence-electron chi connectivity index (χ4n) is 4.00. The lowest BCUT2D eigenvalue weighted by atomic mass is 9.86. The van der Waals surface area contributed by atoms with Crippen LogP contribution in [0.3, 0.4) is 0 Å². The van der Waals surface area contributed by atoms with Crippen LogP contribution in [0.4, 0.5) is 8.78 Å². The quantitative estimate of drug-likeness (QED) is 0.749. The van der Waals surface area contributed by atoms with Crippen molar-refractivity contribution < 1.29 is 23.5 Å². The third-order valence-electron chi connectivity index (χ3n) is 5.41. The molecule has 2 aromatic carbocycles. The van der Waals surface area contributed by atoms with Crippen LogP contribution in [0.25, 0.3) is 0 Å². The second-order valence-electron chi connectivity index (χ2n) is 7.37. The molecular weight excluding hydrogens is 364 g/mol. The second kappa shape index (κ2) is 8.50. The van der Waals surface area contributed by atoms with E-state index in [9.17, 15) is 23.5 Å². The molecule has 28 heavy (non-hydrogen) atoms. The molecule has 1 aliphatic rings. The van der Waals surface area contributed by atoms with E-state index >= 15 is 0 Å². The van der Waals surface area contributed by atoms with E-state index in [1.807, 2.05) is 30.3 Å². The number of benzene rings is 2. The summed E-state index contributed by atoms with van der Waals surface area (Å²) in [6.07, 6.45) is 2.56. The predicted octanol–water partition coefficient (Wildman–Crippen LogP) is 4.18. The Bertz CT molecular complexity index is 848. The van der Waals surface area contributed by atoms with Crippen LogP contribution in [0.15, 0.2) is 48.5 Å². The number of halogens is 2. The molecule has 6 heteroatoms. The van der Waals surface area contributed by atoms with E-state index in [4.69, 9.17) is 0 Å². The smallest absolute Gasteiger partial charge is 0.307 e. The fraction of sp³-hybridized carbons (Fsp3) is 0.364. The molecule has 3 rings (SSSR count). The molecule has 0 aliphatic heterocycles. The van der Waals surface area contributed by atoms with Crippen molar-refractivity contribution in [2.24, 2.45) is 5.92 Å². The van der Waals surface area contributed by atoms with E-state index < -0.39 is 35.0 Å². The Morgan fingerprint density at radius 2 is 1.71 bits per heavy atom. The number of carboxylic acids is 1. The molecule has 0 spiro atoms. The number of aliphatic carboxylic acids is 1. The molecule has 1 atom stereocenters. The van der Waals surface area contributed by atoms with Gasteiger partial charge in [-0.1, -0.05) is 55.3 Å². The minimum atomic E-state index is -1.06. The van der Waals surface area contributed by atoms with Crippen molar-refractivity contribution in [2.75, 3.05) is 0 Å². The zero-order valence-corrected chi connectivity index (χ0v) is 15.5. The lowest BCUT2D eigenvalue weighted by Gasteiger charge is -2.32. The van der Waals surface area contributed by atoms with Crippen LogP contribution in [-0.4, -0.2) is 17.0 Å². The van der Waals surface area contributed by atoms with Gasteiger partial charge in [-0.15, -0.1) is 0 Å². The van der Waals surface area contributed by atoms with Crippen molar-refractivity contribution in [3.8, 4) is 0 Å². The molecule has 148 valence electrons. The molecule has 0 saturated heterocycles. The zero-order valence-electron chi connectivity index (χ0n) is 15.5. The van der Waals surface area contributed by atoms with Crippen molar-refractivity contribution in [2.45, 2.75) is 44.1 Å². The molecule has 1 saturated carbocycles. The number of carbonyl (C=O) groups excluding carboxylic acids is 1. The molecule has 0 bridgehead atoms. The van der Waals surface area contributed by atoms with E-state index in [0.717, 1.165) is 24.5 Å². The first-order valence-electron chi connectivity index (χ1n) is 9.43. The van der Waals surface area contributed by atoms with Crippen molar-refractivity contribution in [3.63, 3.8) is 0 Å². The van der Waals surface area contributed by atoms with Gasteiger partial charge in [0.2, 0.25) is 5.91 Å². The third-order valence-corrected chi connectivity index (χ3v) is 5.41. The van der Waals surface area contributed by atoms with Crippen LogP contribution >= 0.6 is 0 Å².